The lowest BCUT2D eigenvalue weighted by molar-refractivity contribution is 1.11. The van der Waals surface area contributed by atoms with Gasteiger partial charge in [-0.15, -0.1) is 23.5 Å². The van der Waals surface area contributed by atoms with E-state index in [-0.39, 0.29) is 0 Å². The zero-order valence-electron chi connectivity index (χ0n) is 15.7. The van der Waals surface area contributed by atoms with Crippen LogP contribution >= 0.6 is 23.5 Å². The fourth-order valence-electron chi connectivity index (χ4n) is 3.54. The number of nitrogens with zero attached hydrogens (tertiary/aromatic N) is 1. The highest BCUT2D eigenvalue weighted by Crippen LogP contribution is 2.52. The van der Waals surface area contributed by atoms with Gasteiger partial charge < -0.3 is 4.90 Å². The van der Waals surface area contributed by atoms with Gasteiger partial charge >= 0.3 is 0 Å². The maximum Gasteiger partial charge on any atom is 0.0541 e. The molecule has 27 heavy (non-hydrogen) atoms. The van der Waals surface area contributed by atoms with Crippen LogP contribution < -0.4 is 4.90 Å². The SMILES string of the molecule is CCCSC(SC)=C1c2ccccc2N(c2ccccc2)c2ccccc21. The highest BCUT2D eigenvalue weighted by atomic mass is 32.2. The number of hydrogen-bond acceptors (Lipinski definition) is 3. The van der Waals surface area contributed by atoms with Gasteiger partial charge in [0.1, 0.15) is 0 Å². The van der Waals surface area contributed by atoms with Crippen molar-refractivity contribution in [3.8, 4) is 0 Å². The second kappa shape index (κ2) is 8.28. The third-order valence-electron chi connectivity index (χ3n) is 4.67. The van der Waals surface area contributed by atoms with Gasteiger partial charge in [0, 0.05) is 26.6 Å². The van der Waals surface area contributed by atoms with Crippen molar-refractivity contribution in [3.05, 3.63) is 94.2 Å². The highest BCUT2D eigenvalue weighted by Gasteiger charge is 2.28. The van der Waals surface area contributed by atoms with Crippen molar-refractivity contribution in [2.24, 2.45) is 0 Å². The van der Waals surface area contributed by atoms with E-state index in [9.17, 15) is 0 Å². The summed E-state index contributed by atoms with van der Waals surface area (Å²) in [6.07, 6.45) is 3.38. The minimum atomic E-state index is 1.15. The standard InChI is InChI=1S/C24H23NS2/c1-3-17-27-24(26-2)23-19-13-7-9-15-21(19)25(18-11-5-4-6-12-18)22-16-10-8-14-20(22)23/h4-16H,3,17H2,1-2H3. The van der Waals surface area contributed by atoms with Crippen molar-refractivity contribution in [2.45, 2.75) is 13.3 Å². The van der Waals surface area contributed by atoms with E-state index < -0.39 is 0 Å². The molecule has 0 atom stereocenters. The Labute approximate surface area is 170 Å². The number of para-hydroxylation sites is 3. The summed E-state index contributed by atoms with van der Waals surface area (Å²) in [5.74, 6) is 1.15. The number of anilines is 3. The molecular weight excluding hydrogens is 366 g/mol. The fourth-order valence-corrected chi connectivity index (χ4v) is 5.44. The number of thioether (sulfide) groups is 2. The maximum absolute atomic E-state index is 2.39. The molecule has 0 radical (unpaired) electrons. The van der Waals surface area contributed by atoms with Crippen LogP contribution in [0, 0.1) is 0 Å². The van der Waals surface area contributed by atoms with Crippen molar-refractivity contribution < 1.29 is 0 Å². The summed E-state index contributed by atoms with van der Waals surface area (Å²) in [5.41, 5.74) is 7.70. The number of fused-ring (bicyclic) bond motifs is 2. The Morgan fingerprint density at radius 2 is 1.33 bits per heavy atom. The number of rotatable bonds is 5. The molecule has 0 N–H and O–H groups in total. The molecule has 0 aromatic heterocycles. The normalized spacial score (nSPS) is 12.5. The zero-order chi connectivity index (χ0) is 18.6. The van der Waals surface area contributed by atoms with E-state index in [1.165, 1.54) is 44.4 Å². The summed E-state index contributed by atoms with van der Waals surface area (Å²) in [7, 11) is 0. The molecule has 1 nitrogen and oxygen atoms in total. The molecule has 0 unspecified atom stereocenters. The summed E-state index contributed by atoms with van der Waals surface area (Å²) in [6.45, 7) is 2.25. The first-order chi connectivity index (χ1) is 13.3. The first-order valence-corrected chi connectivity index (χ1v) is 11.5. The van der Waals surface area contributed by atoms with Crippen LogP contribution in [0.1, 0.15) is 24.5 Å². The van der Waals surface area contributed by atoms with E-state index in [0.717, 1.165) is 5.75 Å². The van der Waals surface area contributed by atoms with Gasteiger partial charge in [-0.05, 0) is 42.7 Å². The topological polar surface area (TPSA) is 3.24 Å². The third-order valence-corrected chi connectivity index (χ3v) is 7.18. The van der Waals surface area contributed by atoms with E-state index in [1.807, 2.05) is 23.5 Å². The maximum atomic E-state index is 2.39. The monoisotopic (exact) mass is 389 g/mol. The van der Waals surface area contributed by atoms with Crippen LogP contribution in [0.5, 0.6) is 0 Å². The van der Waals surface area contributed by atoms with Crippen molar-refractivity contribution in [2.75, 3.05) is 16.9 Å². The molecule has 0 fully saturated rings. The highest BCUT2D eigenvalue weighted by molar-refractivity contribution is 8.22. The zero-order valence-corrected chi connectivity index (χ0v) is 17.3. The summed E-state index contributed by atoms with van der Waals surface area (Å²) < 4.78 is 1.41. The quantitative estimate of drug-likeness (QED) is 0.344. The lowest BCUT2D eigenvalue weighted by Crippen LogP contribution is -2.18. The van der Waals surface area contributed by atoms with Crippen LogP contribution in [0.3, 0.4) is 0 Å². The molecule has 1 aliphatic rings. The molecule has 136 valence electrons. The Morgan fingerprint density at radius 3 is 1.89 bits per heavy atom. The van der Waals surface area contributed by atoms with Crippen LogP contribution in [0.25, 0.3) is 5.57 Å². The first-order valence-electron chi connectivity index (χ1n) is 9.30. The second-order valence-electron chi connectivity index (χ2n) is 6.42. The molecule has 1 aliphatic heterocycles. The molecule has 3 aromatic carbocycles. The Bertz CT molecular complexity index is 913. The molecule has 3 heteroatoms. The van der Waals surface area contributed by atoms with Crippen LogP contribution in [0.4, 0.5) is 17.1 Å². The van der Waals surface area contributed by atoms with E-state index in [2.05, 4.69) is 96.9 Å². The largest absolute Gasteiger partial charge is 0.309 e. The van der Waals surface area contributed by atoms with Gasteiger partial charge in [0.05, 0.1) is 11.4 Å². The first kappa shape index (κ1) is 18.3. The molecule has 4 rings (SSSR count). The average Bonchev–Trinajstić information content (AvgIpc) is 2.74. The van der Waals surface area contributed by atoms with E-state index in [0.29, 0.717) is 0 Å². The average molecular weight is 390 g/mol. The smallest absolute Gasteiger partial charge is 0.0541 e. The van der Waals surface area contributed by atoms with Gasteiger partial charge in [0.25, 0.3) is 0 Å². The Hall–Kier alpha value is -2.10. The predicted octanol–water partition coefficient (Wildman–Crippen LogP) is 7.69. The molecule has 0 amide bonds. The fraction of sp³-hybridized carbons (Fsp3) is 0.167. The minimum Gasteiger partial charge on any atom is -0.309 e. The summed E-state index contributed by atoms with van der Waals surface area (Å²) >= 11 is 3.84. The molecule has 1 heterocycles. The van der Waals surface area contributed by atoms with Gasteiger partial charge in [-0.3, -0.25) is 0 Å². The van der Waals surface area contributed by atoms with Gasteiger partial charge in [-0.2, -0.15) is 0 Å². The summed E-state index contributed by atoms with van der Waals surface area (Å²) in [4.78, 5) is 2.39. The van der Waals surface area contributed by atoms with E-state index in [4.69, 9.17) is 0 Å². The van der Waals surface area contributed by atoms with Crippen LogP contribution in [-0.2, 0) is 0 Å². The summed E-state index contributed by atoms with van der Waals surface area (Å²) in [6, 6.07) is 28.2. The van der Waals surface area contributed by atoms with Gasteiger partial charge in [0.2, 0.25) is 0 Å². The Balaban J connectivity index is 2.00. The van der Waals surface area contributed by atoms with Crippen molar-refractivity contribution in [3.63, 3.8) is 0 Å². The third kappa shape index (κ3) is 3.42. The van der Waals surface area contributed by atoms with Crippen LogP contribution in [0.2, 0.25) is 0 Å². The molecule has 0 saturated carbocycles. The van der Waals surface area contributed by atoms with E-state index in [1.54, 1.807) is 0 Å². The molecule has 0 spiro atoms. The van der Waals surface area contributed by atoms with Crippen LogP contribution in [-0.4, -0.2) is 12.0 Å². The predicted molar refractivity (Wildman–Crippen MR) is 123 cm³/mol. The molecule has 3 aromatic rings. The van der Waals surface area contributed by atoms with Crippen molar-refractivity contribution >= 4 is 46.2 Å². The van der Waals surface area contributed by atoms with Crippen LogP contribution in [0.15, 0.2) is 83.1 Å². The molecule has 0 aliphatic carbocycles. The second-order valence-corrected chi connectivity index (χ2v) is 8.60. The summed E-state index contributed by atoms with van der Waals surface area (Å²) in [5, 5.41) is 0. The Kier molecular flexibility index (Phi) is 5.61. The Morgan fingerprint density at radius 1 is 0.778 bits per heavy atom. The lowest BCUT2D eigenvalue weighted by Gasteiger charge is -2.35. The molecule has 0 bridgehead atoms. The van der Waals surface area contributed by atoms with Crippen molar-refractivity contribution in [1.82, 2.24) is 0 Å². The van der Waals surface area contributed by atoms with Crippen molar-refractivity contribution in [1.29, 1.82) is 0 Å². The lowest BCUT2D eigenvalue weighted by atomic mass is 9.91. The molecular formula is C24H23NS2. The van der Waals surface area contributed by atoms with Gasteiger partial charge in [0.15, 0.2) is 0 Å². The molecule has 0 saturated heterocycles. The van der Waals surface area contributed by atoms with E-state index >= 15 is 0 Å². The van der Waals surface area contributed by atoms with Gasteiger partial charge in [-0.25, -0.2) is 0 Å². The minimum absolute atomic E-state index is 1.15. The number of hydrogen-bond donors (Lipinski definition) is 0. The number of benzene rings is 3. The van der Waals surface area contributed by atoms with Gasteiger partial charge in [-0.1, -0.05) is 61.5 Å².